The molecule has 0 amide bonds. The van der Waals surface area contributed by atoms with Crippen molar-refractivity contribution in [2.75, 3.05) is 20.2 Å². The van der Waals surface area contributed by atoms with Crippen LogP contribution < -0.4 is 0 Å². The van der Waals surface area contributed by atoms with Gasteiger partial charge in [0.2, 0.25) is 0 Å². The summed E-state index contributed by atoms with van der Waals surface area (Å²) in [7, 11) is 2.08. The molecule has 0 aromatic heterocycles. The molecule has 1 rings (SSSR count). The van der Waals surface area contributed by atoms with E-state index in [1.54, 1.807) is 6.92 Å². The lowest BCUT2D eigenvalue weighted by Crippen LogP contribution is -2.39. The van der Waals surface area contributed by atoms with Gasteiger partial charge in [-0.05, 0) is 33.4 Å². The fraction of sp³-hybridized carbons (Fsp3) is 0.727. The van der Waals surface area contributed by atoms with Crippen LogP contribution in [0.3, 0.4) is 0 Å². The fourth-order valence-electron chi connectivity index (χ4n) is 1.65. The molecule has 3 heteroatoms. The fourth-order valence-corrected chi connectivity index (χ4v) is 1.65. The average Bonchev–Trinajstić information content (AvgIpc) is 2.16. The number of carbonyl (C=O) groups is 1. The molecule has 1 aliphatic heterocycles. The van der Waals surface area contributed by atoms with E-state index in [0.29, 0.717) is 18.2 Å². The van der Waals surface area contributed by atoms with Crippen LogP contribution in [0.15, 0.2) is 12.2 Å². The number of ether oxygens (including phenoxy) is 1. The summed E-state index contributed by atoms with van der Waals surface area (Å²) >= 11 is 0. The topological polar surface area (TPSA) is 29.5 Å². The van der Waals surface area contributed by atoms with E-state index in [9.17, 15) is 4.79 Å². The molecule has 0 aromatic carbocycles. The lowest BCUT2D eigenvalue weighted by Gasteiger charge is -2.31. The van der Waals surface area contributed by atoms with Crippen LogP contribution in [-0.4, -0.2) is 37.1 Å². The first-order valence-corrected chi connectivity index (χ1v) is 5.14. The maximum atomic E-state index is 11.2. The van der Waals surface area contributed by atoms with Gasteiger partial charge in [-0.25, -0.2) is 4.79 Å². The van der Waals surface area contributed by atoms with Gasteiger partial charge in [-0.15, -0.1) is 0 Å². The van der Waals surface area contributed by atoms with Gasteiger partial charge in [-0.1, -0.05) is 13.0 Å². The molecule has 14 heavy (non-hydrogen) atoms. The summed E-state index contributed by atoms with van der Waals surface area (Å²) in [5.74, 6) is -0.274. The van der Waals surface area contributed by atoms with Crippen molar-refractivity contribution in [2.45, 2.75) is 32.2 Å². The molecule has 1 atom stereocenters. The summed E-state index contributed by atoms with van der Waals surface area (Å²) in [6.07, 6.45) is 3.61. The van der Waals surface area contributed by atoms with E-state index in [4.69, 9.17) is 4.74 Å². The van der Waals surface area contributed by atoms with Gasteiger partial charge in [0, 0.05) is 11.6 Å². The Hall–Kier alpha value is -0.830. The quantitative estimate of drug-likeness (QED) is 0.508. The van der Waals surface area contributed by atoms with Crippen molar-refractivity contribution in [1.82, 2.24) is 4.90 Å². The summed E-state index contributed by atoms with van der Waals surface area (Å²) in [5, 5.41) is 0. The van der Waals surface area contributed by atoms with Gasteiger partial charge in [0.25, 0.3) is 0 Å². The van der Waals surface area contributed by atoms with Crippen LogP contribution in [0, 0.1) is 0 Å². The van der Waals surface area contributed by atoms with Gasteiger partial charge in [-0.2, -0.15) is 0 Å². The normalized spacial score (nSPS) is 23.1. The van der Waals surface area contributed by atoms with Gasteiger partial charge in [-0.3, -0.25) is 0 Å². The Balaban J connectivity index is 2.29. The number of carbonyl (C=O) groups excluding carboxylic acids is 1. The van der Waals surface area contributed by atoms with Crippen molar-refractivity contribution in [3.05, 3.63) is 12.2 Å². The minimum atomic E-state index is -0.274. The van der Waals surface area contributed by atoms with E-state index in [1.807, 2.05) is 0 Å². The minimum absolute atomic E-state index is 0.274. The van der Waals surface area contributed by atoms with E-state index >= 15 is 0 Å². The van der Waals surface area contributed by atoms with Gasteiger partial charge in [0.05, 0.1) is 0 Å². The lowest BCUT2D eigenvalue weighted by atomic mass is 10.0. The van der Waals surface area contributed by atoms with E-state index in [1.165, 1.54) is 12.8 Å². The zero-order valence-electron chi connectivity index (χ0n) is 9.08. The number of rotatable bonds is 3. The molecule has 0 spiro atoms. The first-order chi connectivity index (χ1) is 6.61. The van der Waals surface area contributed by atoms with Crippen LogP contribution in [-0.2, 0) is 9.53 Å². The molecule has 0 saturated carbocycles. The smallest absolute Gasteiger partial charge is 0.333 e. The van der Waals surface area contributed by atoms with Crippen molar-refractivity contribution in [3.8, 4) is 0 Å². The van der Waals surface area contributed by atoms with Gasteiger partial charge in [0.15, 0.2) is 0 Å². The SMILES string of the molecule is C=C(C)C(=O)OCC1CCCCN1C. The van der Waals surface area contributed by atoms with E-state index in [2.05, 4.69) is 18.5 Å². The first-order valence-electron chi connectivity index (χ1n) is 5.14. The van der Waals surface area contributed by atoms with Crippen LogP contribution in [0.2, 0.25) is 0 Å². The molecule has 3 nitrogen and oxygen atoms in total. The highest BCUT2D eigenvalue weighted by atomic mass is 16.5. The van der Waals surface area contributed by atoms with Crippen LogP contribution >= 0.6 is 0 Å². The second kappa shape index (κ2) is 5.15. The molecule has 0 N–H and O–H groups in total. The first kappa shape index (κ1) is 11.2. The third kappa shape index (κ3) is 3.14. The molecule has 1 unspecified atom stereocenters. The van der Waals surface area contributed by atoms with E-state index in [-0.39, 0.29) is 5.97 Å². The maximum absolute atomic E-state index is 11.2. The third-order valence-electron chi connectivity index (χ3n) is 2.68. The zero-order chi connectivity index (χ0) is 10.6. The van der Waals surface area contributed by atoms with Crippen molar-refractivity contribution >= 4 is 5.97 Å². The number of esters is 1. The molecule has 1 heterocycles. The molecule has 0 aromatic rings. The monoisotopic (exact) mass is 197 g/mol. The highest BCUT2D eigenvalue weighted by Crippen LogP contribution is 2.15. The standard InChI is InChI=1S/C11H19NO2/c1-9(2)11(13)14-8-10-6-4-5-7-12(10)3/h10H,1,4-8H2,2-3H3. The number of hydrogen-bond donors (Lipinski definition) is 0. The molecule has 1 fully saturated rings. The minimum Gasteiger partial charge on any atom is -0.461 e. The highest BCUT2D eigenvalue weighted by molar-refractivity contribution is 5.86. The average molecular weight is 197 g/mol. The van der Waals surface area contributed by atoms with Crippen LogP contribution in [0.4, 0.5) is 0 Å². The van der Waals surface area contributed by atoms with E-state index in [0.717, 1.165) is 13.0 Å². The second-order valence-corrected chi connectivity index (χ2v) is 4.01. The Morgan fingerprint density at radius 1 is 1.57 bits per heavy atom. The molecule has 1 aliphatic rings. The number of piperidine rings is 1. The number of nitrogens with zero attached hydrogens (tertiary/aromatic N) is 1. The molecule has 1 saturated heterocycles. The summed E-state index contributed by atoms with van der Waals surface area (Å²) in [6, 6.07) is 0.395. The molecule has 0 bridgehead atoms. The molecule has 0 aliphatic carbocycles. The van der Waals surface area contributed by atoms with Crippen molar-refractivity contribution < 1.29 is 9.53 Å². The lowest BCUT2D eigenvalue weighted by molar-refractivity contribution is -0.140. The summed E-state index contributed by atoms with van der Waals surface area (Å²) < 4.78 is 5.13. The van der Waals surface area contributed by atoms with E-state index < -0.39 is 0 Å². The van der Waals surface area contributed by atoms with Crippen LogP contribution in [0.1, 0.15) is 26.2 Å². The predicted octanol–water partition coefficient (Wildman–Crippen LogP) is 1.59. The Morgan fingerprint density at radius 2 is 2.29 bits per heavy atom. The second-order valence-electron chi connectivity index (χ2n) is 4.01. The van der Waals surface area contributed by atoms with Gasteiger partial charge < -0.3 is 9.64 Å². The molecular weight excluding hydrogens is 178 g/mol. The molecule has 0 radical (unpaired) electrons. The number of hydrogen-bond acceptors (Lipinski definition) is 3. The van der Waals surface area contributed by atoms with Crippen LogP contribution in [0.25, 0.3) is 0 Å². The predicted molar refractivity (Wildman–Crippen MR) is 56.0 cm³/mol. The summed E-state index contributed by atoms with van der Waals surface area (Å²) in [5.41, 5.74) is 0.475. The Kier molecular flexibility index (Phi) is 4.14. The van der Waals surface area contributed by atoms with Gasteiger partial charge in [0.1, 0.15) is 6.61 Å². The number of likely N-dealkylation sites (N-methyl/N-ethyl adjacent to an activating group) is 1. The highest BCUT2D eigenvalue weighted by Gasteiger charge is 2.20. The Morgan fingerprint density at radius 3 is 2.86 bits per heavy atom. The van der Waals surface area contributed by atoms with Crippen LogP contribution in [0.5, 0.6) is 0 Å². The van der Waals surface area contributed by atoms with Crippen molar-refractivity contribution in [3.63, 3.8) is 0 Å². The summed E-state index contributed by atoms with van der Waals surface area (Å²) in [6.45, 7) is 6.83. The molecular formula is C11H19NO2. The maximum Gasteiger partial charge on any atom is 0.333 e. The van der Waals surface area contributed by atoms with Crippen molar-refractivity contribution in [2.24, 2.45) is 0 Å². The largest absolute Gasteiger partial charge is 0.461 e. The zero-order valence-corrected chi connectivity index (χ0v) is 9.08. The van der Waals surface area contributed by atoms with Crippen molar-refractivity contribution in [1.29, 1.82) is 0 Å². The molecule has 80 valence electrons. The third-order valence-corrected chi connectivity index (χ3v) is 2.68. The van der Waals surface area contributed by atoms with Gasteiger partial charge >= 0.3 is 5.97 Å². The Labute approximate surface area is 85.7 Å². The summed E-state index contributed by atoms with van der Waals surface area (Å²) in [4.78, 5) is 13.4. The Bertz CT molecular complexity index is 225. The number of likely N-dealkylation sites (tertiary alicyclic amines) is 1.